The minimum Gasteiger partial charge on any atom is -0.480 e. The Bertz CT molecular complexity index is 308. The Kier molecular flexibility index (Phi) is 4.92. The molecule has 1 amide bonds. The van der Waals surface area contributed by atoms with Crippen molar-refractivity contribution < 1.29 is 19.4 Å². The maximum absolute atomic E-state index is 11.5. The lowest BCUT2D eigenvalue weighted by molar-refractivity contribution is -0.139. The molecule has 7 nitrogen and oxygen atoms in total. The van der Waals surface area contributed by atoms with Gasteiger partial charge in [-0.25, -0.2) is 9.59 Å². The third-order valence-electron chi connectivity index (χ3n) is 2.42. The fraction of sp³-hybridized carbons (Fsp3) is 0.818. The van der Waals surface area contributed by atoms with Gasteiger partial charge in [0.15, 0.2) is 0 Å². The predicted octanol–water partition coefficient (Wildman–Crippen LogP) is -0.127. The highest BCUT2D eigenvalue weighted by Crippen LogP contribution is 2.08. The van der Waals surface area contributed by atoms with Gasteiger partial charge in [0.05, 0.1) is 0 Å². The van der Waals surface area contributed by atoms with Gasteiger partial charge in [0.1, 0.15) is 11.6 Å². The van der Waals surface area contributed by atoms with Gasteiger partial charge in [0.2, 0.25) is 0 Å². The van der Waals surface area contributed by atoms with E-state index in [4.69, 9.17) is 9.84 Å². The first-order valence-corrected chi connectivity index (χ1v) is 5.94. The number of ether oxygens (including phenoxy) is 1. The second-order valence-electron chi connectivity index (χ2n) is 5.30. The molecule has 1 aliphatic rings. The Morgan fingerprint density at radius 1 is 1.50 bits per heavy atom. The molecule has 0 radical (unpaired) electrons. The molecule has 0 bridgehead atoms. The Hall–Kier alpha value is -1.34. The lowest BCUT2D eigenvalue weighted by Gasteiger charge is -2.23. The van der Waals surface area contributed by atoms with Crippen LogP contribution in [-0.4, -0.2) is 48.1 Å². The molecule has 104 valence electrons. The molecule has 0 aromatic heterocycles. The van der Waals surface area contributed by atoms with Crippen molar-refractivity contribution in [3.05, 3.63) is 0 Å². The van der Waals surface area contributed by atoms with Crippen molar-refractivity contribution in [3.8, 4) is 0 Å². The van der Waals surface area contributed by atoms with E-state index >= 15 is 0 Å². The number of rotatable bonds is 4. The number of amides is 1. The molecule has 1 heterocycles. The molecule has 1 fully saturated rings. The van der Waals surface area contributed by atoms with Gasteiger partial charge in [-0.1, -0.05) is 0 Å². The molecular weight excluding hydrogens is 238 g/mol. The summed E-state index contributed by atoms with van der Waals surface area (Å²) in [5.41, 5.74) is -0.639. The quantitative estimate of drug-likeness (QED) is 0.561. The average molecular weight is 259 g/mol. The molecule has 0 saturated carbocycles. The minimum atomic E-state index is -1.06. The van der Waals surface area contributed by atoms with Crippen LogP contribution >= 0.6 is 0 Å². The lowest BCUT2D eigenvalue weighted by atomic mass is 10.1. The number of carbonyl (C=O) groups excluding carboxylic acids is 1. The van der Waals surface area contributed by atoms with Gasteiger partial charge in [-0.05, 0) is 27.2 Å². The van der Waals surface area contributed by atoms with Crippen molar-refractivity contribution in [3.63, 3.8) is 0 Å². The van der Waals surface area contributed by atoms with Crippen molar-refractivity contribution in [1.82, 2.24) is 16.0 Å². The van der Waals surface area contributed by atoms with E-state index < -0.39 is 23.7 Å². The van der Waals surface area contributed by atoms with Gasteiger partial charge in [-0.3, -0.25) is 0 Å². The molecule has 0 unspecified atom stereocenters. The molecule has 0 aromatic carbocycles. The van der Waals surface area contributed by atoms with Gasteiger partial charge in [0, 0.05) is 19.3 Å². The van der Waals surface area contributed by atoms with Crippen molar-refractivity contribution in [2.24, 2.45) is 0 Å². The fourth-order valence-electron chi connectivity index (χ4n) is 1.66. The van der Waals surface area contributed by atoms with E-state index in [1.54, 1.807) is 20.8 Å². The van der Waals surface area contributed by atoms with Crippen LogP contribution in [0.3, 0.4) is 0 Å². The number of hydrogen-bond donors (Lipinski definition) is 4. The van der Waals surface area contributed by atoms with Crippen LogP contribution in [0, 0.1) is 0 Å². The molecule has 1 saturated heterocycles. The molecule has 1 aliphatic heterocycles. The second kappa shape index (κ2) is 6.01. The highest BCUT2D eigenvalue weighted by molar-refractivity contribution is 5.80. The van der Waals surface area contributed by atoms with Crippen molar-refractivity contribution in [1.29, 1.82) is 0 Å². The first-order valence-electron chi connectivity index (χ1n) is 5.94. The Morgan fingerprint density at radius 2 is 2.17 bits per heavy atom. The van der Waals surface area contributed by atoms with E-state index in [-0.39, 0.29) is 6.04 Å². The van der Waals surface area contributed by atoms with Crippen LogP contribution in [0.4, 0.5) is 4.79 Å². The maximum atomic E-state index is 11.5. The molecule has 0 aromatic rings. The first-order chi connectivity index (χ1) is 8.28. The molecule has 0 spiro atoms. The van der Waals surface area contributed by atoms with Crippen LogP contribution in [0.15, 0.2) is 0 Å². The number of hydrogen-bond acceptors (Lipinski definition) is 5. The first kappa shape index (κ1) is 14.7. The van der Waals surface area contributed by atoms with Gasteiger partial charge in [0.25, 0.3) is 0 Å². The highest BCUT2D eigenvalue weighted by Gasteiger charge is 2.27. The van der Waals surface area contributed by atoms with E-state index in [1.807, 2.05) is 0 Å². The summed E-state index contributed by atoms with van der Waals surface area (Å²) in [6.07, 6.45) is -0.387. The summed E-state index contributed by atoms with van der Waals surface area (Å²) in [6.45, 7) is 6.53. The van der Waals surface area contributed by atoms with Crippen LogP contribution in [0.2, 0.25) is 0 Å². The number of aliphatic carboxylic acids is 1. The SMILES string of the molecule is CC(C)(C)OC(=O)N[C@H](C[C@H]1CNCN1)C(=O)O. The zero-order chi connectivity index (χ0) is 13.8. The normalized spacial score (nSPS) is 21.4. The monoisotopic (exact) mass is 259 g/mol. The van der Waals surface area contributed by atoms with Gasteiger partial charge < -0.3 is 25.8 Å². The molecule has 2 atom stereocenters. The molecular formula is C11H21N3O4. The topological polar surface area (TPSA) is 99.7 Å². The third kappa shape index (κ3) is 5.33. The van der Waals surface area contributed by atoms with Crippen molar-refractivity contribution in [2.75, 3.05) is 13.2 Å². The molecule has 0 aliphatic carbocycles. The van der Waals surface area contributed by atoms with Gasteiger partial charge >= 0.3 is 12.1 Å². The van der Waals surface area contributed by atoms with Gasteiger partial charge in [-0.2, -0.15) is 0 Å². The summed E-state index contributed by atoms with van der Waals surface area (Å²) in [5, 5.41) is 17.6. The Balaban J connectivity index is 2.46. The Morgan fingerprint density at radius 3 is 2.61 bits per heavy atom. The van der Waals surface area contributed by atoms with Gasteiger partial charge in [-0.15, -0.1) is 0 Å². The number of carboxylic acids is 1. The summed E-state index contributed by atoms with van der Waals surface area (Å²) >= 11 is 0. The minimum absolute atomic E-state index is 0.0426. The maximum Gasteiger partial charge on any atom is 0.408 e. The van der Waals surface area contributed by atoms with Crippen LogP contribution in [0.25, 0.3) is 0 Å². The molecule has 1 rings (SSSR count). The number of carbonyl (C=O) groups is 2. The van der Waals surface area contributed by atoms with E-state index in [9.17, 15) is 9.59 Å². The van der Waals surface area contributed by atoms with Crippen LogP contribution in [0.5, 0.6) is 0 Å². The summed E-state index contributed by atoms with van der Waals surface area (Å²) < 4.78 is 5.03. The Labute approximate surface area is 106 Å². The summed E-state index contributed by atoms with van der Waals surface area (Å²) in [4.78, 5) is 22.6. The van der Waals surface area contributed by atoms with E-state index in [0.717, 1.165) is 0 Å². The van der Waals surface area contributed by atoms with E-state index in [2.05, 4.69) is 16.0 Å². The predicted molar refractivity (Wildman–Crippen MR) is 65.2 cm³/mol. The smallest absolute Gasteiger partial charge is 0.408 e. The standard InChI is InChI=1S/C11H21N3O4/c1-11(2,3)18-10(17)14-8(9(15)16)4-7-5-12-6-13-7/h7-8,12-13H,4-6H2,1-3H3,(H,14,17)(H,15,16)/t7-,8+/m0/s1. The number of carboxylic acid groups (broad SMARTS) is 1. The number of alkyl carbamates (subject to hydrolysis) is 1. The molecule has 18 heavy (non-hydrogen) atoms. The molecule has 4 N–H and O–H groups in total. The summed E-state index contributed by atoms with van der Waals surface area (Å²) in [5.74, 6) is -1.06. The van der Waals surface area contributed by atoms with Crippen LogP contribution in [0.1, 0.15) is 27.2 Å². The van der Waals surface area contributed by atoms with Crippen LogP contribution < -0.4 is 16.0 Å². The molecule has 7 heteroatoms. The van der Waals surface area contributed by atoms with E-state index in [0.29, 0.717) is 19.6 Å². The third-order valence-corrected chi connectivity index (χ3v) is 2.42. The van der Waals surface area contributed by atoms with E-state index in [1.165, 1.54) is 0 Å². The summed E-state index contributed by atoms with van der Waals surface area (Å²) in [7, 11) is 0. The lowest BCUT2D eigenvalue weighted by Crippen LogP contribution is -2.46. The highest BCUT2D eigenvalue weighted by atomic mass is 16.6. The fourth-order valence-corrected chi connectivity index (χ4v) is 1.66. The summed E-state index contributed by atoms with van der Waals surface area (Å²) in [6, 6.07) is -0.904. The van der Waals surface area contributed by atoms with Crippen LogP contribution in [-0.2, 0) is 9.53 Å². The number of nitrogens with one attached hydrogen (secondary N) is 3. The largest absolute Gasteiger partial charge is 0.480 e. The zero-order valence-corrected chi connectivity index (χ0v) is 10.9. The van der Waals surface area contributed by atoms with Crippen molar-refractivity contribution >= 4 is 12.1 Å². The van der Waals surface area contributed by atoms with Crippen molar-refractivity contribution in [2.45, 2.75) is 44.9 Å². The average Bonchev–Trinajstić information content (AvgIpc) is 2.66. The second-order valence-corrected chi connectivity index (χ2v) is 5.30. The zero-order valence-electron chi connectivity index (χ0n) is 10.9.